The predicted molar refractivity (Wildman–Crippen MR) is 65.2 cm³/mol. The Morgan fingerprint density at radius 2 is 1.94 bits per heavy atom. The molecule has 0 aromatic heterocycles. The van der Waals surface area contributed by atoms with E-state index in [4.69, 9.17) is 5.11 Å². The number of carbonyl (C=O) groups is 3. The molecule has 0 atom stereocenters. The van der Waals surface area contributed by atoms with Gasteiger partial charge in [-0.05, 0) is 18.2 Å². The average Bonchev–Trinajstić information content (AvgIpc) is 2.35. The number of hydrogen-bond acceptors (Lipinski definition) is 3. The molecule has 0 bridgehead atoms. The van der Waals surface area contributed by atoms with Gasteiger partial charge in [-0.2, -0.15) is 0 Å². The van der Waals surface area contributed by atoms with Gasteiger partial charge in [-0.25, -0.2) is 4.79 Å². The van der Waals surface area contributed by atoms with Crippen molar-refractivity contribution >= 4 is 23.5 Å². The first-order chi connectivity index (χ1) is 8.52. The van der Waals surface area contributed by atoms with E-state index in [1.54, 1.807) is 18.2 Å². The largest absolute Gasteiger partial charge is 0.478 e. The molecule has 0 aliphatic heterocycles. The van der Waals surface area contributed by atoms with Gasteiger partial charge in [0.15, 0.2) is 0 Å². The number of rotatable bonds is 4. The van der Waals surface area contributed by atoms with Crippen LogP contribution in [0, 0.1) is 0 Å². The first-order valence-electron chi connectivity index (χ1n) is 5.07. The van der Waals surface area contributed by atoms with Crippen LogP contribution < -0.4 is 10.6 Å². The van der Waals surface area contributed by atoms with E-state index in [0.717, 1.165) is 12.2 Å². The molecule has 0 unspecified atom stereocenters. The van der Waals surface area contributed by atoms with Crippen LogP contribution in [0.25, 0.3) is 0 Å². The van der Waals surface area contributed by atoms with Gasteiger partial charge in [0.1, 0.15) is 0 Å². The fourth-order valence-electron chi connectivity index (χ4n) is 1.21. The Balaban J connectivity index is 2.76. The minimum Gasteiger partial charge on any atom is -0.478 e. The van der Waals surface area contributed by atoms with Gasteiger partial charge in [0.2, 0.25) is 5.91 Å². The second-order valence-corrected chi connectivity index (χ2v) is 3.32. The molecule has 1 rings (SSSR count). The molecule has 6 heteroatoms. The minimum absolute atomic E-state index is 0.271. The molecule has 0 saturated carbocycles. The molecule has 18 heavy (non-hydrogen) atoms. The summed E-state index contributed by atoms with van der Waals surface area (Å²) in [6.45, 7) is 0. The first kappa shape index (κ1) is 13.4. The lowest BCUT2D eigenvalue weighted by Gasteiger charge is -2.04. The second kappa shape index (κ2) is 6.19. The molecule has 0 saturated heterocycles. The lowest BCUT2D eigenvalue weighted by Crippen LogP contribution is -2.18. The topological polar surface area (TPSA) is 95.5 Å². The molecule has 0 heterocycles. The SMILES string of the molecule is CNC(=O)c1cccc(NC(=O)/C=C\C(=O)O)c1. The van der Waals surface area contributed by atoms with Crippen LogP contribution in [-0.4, -0.2) is 29.9 Å². The Bertz CT molecular complexity index is 509. The molecule has 1 aromatic carbocycles. The second-order valence-electron chi connectivity index (χ2n) is 3.32. The van der Waals surface area contributed by atoms with Crippen LogP contribution in [-0.2, 0) is 9.59 Å². The summed E-state index contributed by atoms with van der Waals surface area (Å²) in [5.41, 5.74) is 0.814. The molecule has 6 nitrogen and oxygen atoms in total. The lowest BCUT2D eigenvalue weighted by molar-refractivity contribution is -0.131. The van der Waals surface area contributed by atoms with Crippen molar-refractivity contribution in [3.63, 3.8) is 0 Å². The normalized spacial score (nSPS) is 10.1. The van der Waals surface area contributed by atoms with Gasteiger partial charge in [0.05, 0.1) is 0 Å². The maximum atomic E-state index is 11.4. The summed E-state index contributed by atoms with van der Waals surface area (Å²) >= 11 is 0. The molecular formula is C12H12N2O4. The van der Waals surface area contributed by atoms with E-state index in [9.17, 15) is 14.4 Å². The Morgan fingerprint density at radius 1 is 1.22 bits per heavy atom. The number of aliphatic carboxylic acids is 1. The third-order valence-electron chi connectivity index (χ3n) is 2.00. The van der Waals surface area contributed by atoms with E-state index in [-0.39, 0.29) is 5.91 Å². The van der Waals surface area contributed by atoms with E-state index in [0.29, 0.717) is 11.3 Å². The third-order valence-corrected chi connectivity index (χ3v) is 2.00. The molecule has 2 amide bonds. The van der Waals surface area contributed by atoms with Crippen molar-refractivity contribution in [1.29, 1.82) is 0 Å². The maximum Gasteiger partial charge on any atom is 0.328 e. The number of hydrogen-bond donors (Lipinski definition) is 3. The van der Waals surface area contributed by atoms with Gasteiger partial charge >= 0.3 is 5.97 Å². The van der Waals surface area contributed by atoms with Crippen LogP contribution in [0.5, 0.6) is 0 Å². The molecule has 94 valence electrons. The Hall–Kier alpha value is -2.63. The van der Waals surface area contributed by atoms with Crippen LogP contribution in [0.2, 0.25) is 0 Å². The van der Waals surface area contributed by atoms with Crippen molar-refractivity contribution in [1.82, 2.24) is 5.32 Å². The summed E-state index contributed by atoms with van der Waals surface area (Å²) in [5, 5.41) is 13.3. The zero-order chi connectivity index (χ0) is 13.5. The molecule has 0 radical (unpaired) electrons. The van der Waals surface area contributed by atoms with Crippen LogP contribution in [0.1, 0.15) is 10.4 Å². The Labute approximate surface area is 103 Å². The predicted octanol–water partition coefficient (Wildman–Crippen LogP) is 0.625. The zero-order valence-corrected chi connectivity index (χ0v) is 9.64. The van der Waals surface area contributed by atoms with Crippen LogP contribution in [0.3, 0.4) is 0 Å². The fraction of sp³-hybridized carbons (Fsp3) is 0.0833. The summed E-state index contributed by atoms with van der Waals surface area (Å²) < 4.78 is 0. The van der Waals surface area contributed by atoms with Gasteiger partial charge in [-0.15, -0.1) is 0 Å². The van der Waals surface area contributed by atoms with Crippen LogP contribution in [0.4, 0.5) is 5.69 Å². The molecule has 1 aromatic rings. The monoisotopic (exact) mass is 248 g/mol. The number of nitrogens with one attached hydrogen (secondary N) is 2. The highest BCUT2D eigenvalue weighted by molar-refractivity contribution is 6.03. The molecule has 3 N–H and O–H groups in total. The maximum absolute atomic E-state index is 11.4. The highest BCUT2D eigenvalue weighted by atomic mass is 16.4. The highest BCUT2D eigenvalue weighted by Crippen LogP contribution is 2.10. The molecule has 0 spiro atoms. The van der Waals surface area contributed by atoms with Crippen molar-refractivity contribution < 1.29 is 19.5 Å². The fourth-order valence-corrected chi connectivity index (χ4v) is 1.21. The Morgan fingerprint density at radius 3 is 2.56 bits per heavy atom. The van der Waals surface area contributed by atoms with Crippen molar-refractivity contribution in [3.8, 4) is 0 Å². The van der Waals surface area contributed by atoms with E-state index < -0.39 is 11.9 Å². The number of carboxylic acids is 1. The van der Waals surface area contributed by atoms with E-state index in [2.05, 4.69) is 10.6 Å². The van der Waals surface area contributed by atoms with E-state index in [1.807, 2.05) is 0 Å². The van der Waals surface area contributed by atoms with Gasteiger partial charge in [0.25, 0.3) is 5.91 Å². The van der Waals surface area contributed by atoms with E-state index >= 15 is 0 Å². The molecule has 0 aliphatic rings. The minimum atomic E-state index is -1.20. The quantitative estimate of drug-likeness (QED) is 0.681. The summed E-state index contributed by atoms with van der Waals surface area (Å²) in [5.74, 6) is -2.05. The van der Waals surface area contributed by atoms with Crippen molar-refractivity contribution in [3.05, 3.63) is 42.0 Å². The van der Waals surface area contributed by atoms with Crippen molar-refractivity contribution in [2.75, 3.05) is 12.4 Å². The van der Waals surface area contributed by atoms with Gasteiger partial charge in [-0.1, -0.05) is 6.07 Å². The molecule has 0 fully saturated rings. The molecular weight excluding hydrogens is 236 g/mol. The zero-order valence-electron chi connectivity index (χ0n) is 9.64. The number of benzene rings is 1. The molecule has 0 aliphatic carbocycles. The highest BCUT2D eigenvalue weighted by Gasteiger charge is 2.04. The third kappa shape index (κ3) is 4.09. The lowest BCUT2D eigenvalue weighted by atomic mass is 10.2. The van der Waals surface area contributed by atoms with Gasteiger partial charge in [-0.3, -0.25) is 9.59 Å². The number of carbonyl (C=O) groups excluding carboxylic acids is 2. The summed E-state index contributed by atoms with van der Waals surface area (Å²) in [7, 11) is 1.50. The average molecular weight is 248 g/mol. The van der Waals surface area contributed by atoms with Gasteiger partial charge in [0, 0.05) is 30.5 Å². The van der Waals surface area contributed by atoms with Crippen molar-refractivity contribution in [2.45, 2.75) is 0 Å². The van der Waals surface area contributed by atoms with Crippen LogP contribution in [0.15, 0.2) is 36.4 Å². The first-order valence-corrected chi connectivity index (χ1v) is 5.07. The summed E-state index contributed by atoms with van der Waals surface area (Å²) in [6, 6.07) is 6.30. The Kier molecular flexibility index (Phi) is 4.62. The number of carboxylic acid groups (broad SMARTS) is 1. The van der Waals surface area contributed by atoms with Crippen molar-refractivity contribution in [2.24, 2.45) is 0 Å². The number of amides is 2. The van der Waals surface area contributed by atoms with Crippen LogP contribution >= 0.6 is 0 Å². The van der Waals surface area contributed by atoms with Gasteiger partial charge < -0.3 is 15.7 Å². The van der Waals surface area contributed by atoms with E-state index in [1.165, 1.54) is 13.1 Å². The smallest absolute Gasteiger partial charge is 0.328 e. The standard InChI is InChI=1S/C12H12N2O4/c1-13-12(18)8-3-2-4-9(7-8)14-10(15)5-6-11(16)17/h2-7H,1H3,(H,13,18)(H,14,15)(H,16,17)/b6-5-. The summed E-state index contributed by atoms with van der Waals surface area (Å²) in [4.78, 5) is 32.9. The number of anilines is 1. The summed E-state index contributed by atoms with van der Waals surface area (Å²) in [6.07, 6.45) is 1.63.